The second-order valence-corrected chi connectivity index (χ2v) is 7.20. The third-order valence-corrected chi connectivity index (χ3v) is 5.20. The molecule has 0 unspecified atom stereocenters. The van der Waals surface area contributed by atoms with E-state index in [2.05, 4.69) is 20.6 Å². The summed E-state index contributed by atoms with van der Waals surface area (Å²) < 4.78 is 5.03. The summed E-state index contributed by atoms with van der Waals surface area (Å²) in [6.07, 6.45) is 10.2. The highest BCUT2D eigenvalue weighted by Gasteiger charge is 2.24. The second kappa shape index (κ2) is 9.53. The number of anilines is 1. The van der Waals surface area contributed by atoms with E-state index in [1.54, 1.807) is 11.1 Å². The number of ether oxygens (including phenoxy) is 1. The number of amides is 2. The van der Waals surface area contributed by atoms with E-state index in [1.807, 2.05) is 6.92 Å². The van der Waals surface area contributed by atoms with E-state index in [0.29, 0.717) is 31.2 Å². The summed E-state index contributed by atoms with van der Waals surface area (Å²) in [5.41, 5.74) is 0.350. The van der Waals surface area contributed by atoms with Gasteiger partial charge in [-0.25, -0.2) is 14.8 Å². The van der Waals surface area contributed by atoms with E-state index in [0.717, 1.165) is 25.7 Å². The zero-order valence-corrected chi connectivity index (χ0v) is 15.9. The van der Waals surface area contributed by atoms with Crippen LogP contribution >= 0.6 is 0 Å². The molecular formula is C19H29N5O3. The summed E-state index contributed by atoms with van der Waals surface area (Å²) in [6.45, 7) is 3.52. The highest BCUT2D eigenvalue weighted by molar-refractivity contribution is 5.92. The average molecular weight is 375 g/mol. The van der Waals surface area contributed by atoms with Crippen LogP contribution in [0.4, 0.5) is 10.6 Å². The predicted octanol–water partition coefficient (Wildman–Crippen LogP) is 2.57. The summed E-state index contributed by atoms with van der Waals surface area (Å²) in [6, 6.07) is 0.488. The van der Waals surface area contributed by atoms with Crippen LogP contribution < -0.4 is 10.6 Å². The molecule has 2 heterocycles. The molecule has 8 nitrogen and oxygen atoms in total. The maximum absolute atomic E-state index is 12.3. The van der Waals surface area contributed by atoms with E-state index in [4.69, 9.17) is 4.74 Å². The topological polar surface area (TPSA) is 96.5 Å². The van der Waals surface area contributed by atoms with Crippen molar-refractivity contribution < 1.29 is 14.3 Å². The molecule has 1 aromatic heterocycles. The van der Waals surface area contributed by atoms with Gasteiger partial charge in [0.15, 0.2) is 0 Å². The number of carbonyl (C=O) groups excluding carboxylic acids is 2. The van der Waals surface area contributed by atoms with Gasteiger partial charge in [-0.05, 0) is 32.6 Å². The largest absolute Gasteiger partial charge is 0.450 e. The van der Waals surface area contributed by atoms with Crippen molar-refractivity contribution in [1.82, 2.24) is 20.2 Å². The van der Waals surface area contributed by atoms with Crippen LogP contribution in [0, 0.1) is 0 Å². The summed E-state index contributed by atoms with van der Waals surface area (Å²) in [4.78, 5) is 34.3. The Morgan fingerprint density at radius 3 is 2.44 bits per heavy atom. The lowest BCUT2D eigenvalue weighted by molar-refractivity contribution is 0.0921. The Balaban J connectivity index is 1.45. The Labute approximate surface area is 160 Å². The zero-order chi connectivity index (χ0) is 19.1. The number of piperidine rings is 1. The van der Waals surface area contributed by atoms with Crippen molar-refractivity contribution in [3.05, 3.63) is 18.1 Å². The van der Waals surface area contributed by atoms with E-state index < -0.39 is 0 Å². The van der Waals surface area contributed by atoms with E-state index >= 15 is 0 Å². The van der Waals surface area contributed by atoms with Crippen LogP contribution in [-0.2, 0) is 4.74 Å². The molecule has 0 radical (unpaired) electrons. The van der Waals surface area contributed by atoms with E-state index in [1.165, 1.54) is 25.5 Å². The van der Waals surface area contributed by atoms with Gasteiger partial charge in [-0.2, -0.15) is 0 Å². The van der Waals surface area contributed by atoms with Gasteiger partial charge in [0.05, 0.1) is 19.0 Å². The van der Waals surface area contributed by atoms with Gasteiger partial charge in [0.2, 0.25) is 0 Å². The van der Waals surface area contributed by atoms with E-state index in [-0.39, 0.29) is 24.1 Å². The van der Waals surface area contributed by atoms with Crippen LogP contribution in [0.5, 0.6) is 0 Å². The van der Waals surface area contributed by atoms with Crippen LogP contribution in [0.25, 0.3) is 0 Å². The molecule has 2 N–H and O–H groups in total. The quantitative estimate of drug-likeness (QED) is 0.821. The van der Waals surface area contributed by atoms with Crippen LogP contribution in [0.1, 0.15) is 62.4 Å². The standard InChI is InChI=1S/C19H29N5O3/c1-2-27-19(26)24-10-8-15(9-11-24)22-17-13-20-16(12-21-17)18(25)23-14-6-4-3-5-7-14/h12-15H,2-11H2,1H3,(H,21,22)(H,23,25). The Hall–Kier alpha value is -2.38. The third kappa shape index (κ3) is 5.55. The molecule has 2 fully saturated rings. The van der Waals surface area contributed by atoms with Gasteiger partial charge in [-0.3, -0.25) is 4.79 Å². The van der Waals surface area contributed by atoms with Crippen LogP contribution in [0.15, 0.2) is 12.4 Å². The number of hydrogen-bond acceptors (Lipinski definition) is 6. The highest BCUT2D eigenvalue weighted by Crippen LogP contribution is 2.18. The highest BCUT2D eigenvalue weighted by atomic mass is 16.6. The number of aromatic nitrogens is 2. The van der Waals surface area contributed by atoms with Gasteiger partial charge in [-0.1, -0.05) is 19.3 Å². The van der Waals surface area contributed by atoms with Crippen LogP contribution in [0.3, 0.4) is 0 Å². The summed E-state index contributed by atoms with van der Waals surface area (Å²) >= 11 is 0. The SMILES string of the molecule is CCOC(=O)N1CCC(Nc2cnc(C(=O)NC3CCCCC3)cn2)CC1. The molecule has 0 atom stereocenters. The monoisotopic (exact) mass is 375 g/mol. The maximum atomic E-state index is 12.3. The lowest BCUT2D eigenvalue weighted by atomic mass is 9.95. The van der Waals surface area contributed by atoms with Crippen molar-refractivity contribution in [1.29, 1.82) is 0 Å². The first-order chi connectivity index (χ1) is 13.2. The predicted molar refractivity (Wildman–Crippen MR) is 102 cm³/mol. The minimum Gasteiger partial charge on any atom is -0.450 e. The number of nitrogens with zero attached hydrogens (tertiary/aromatic N) is 3. The molecular weight excluding hydrogens is 346 g/mol. The summed E-state index contributed by atoms with van der Waals surface area (Å²) in [5.74, 6) is 0.502. The van der Waals surface area contributed by atoms with Gasteiger partial charge in [0.25, 0.3) is 5.91 Å². The number of carbonyl (C=O) groups is 2. The fourth-order valence-corrected chi connectivity index (χ4v) is 3.66. The molecule has 1 aromatic rings. The van der Waals surface area contributed by atoms with E-state index in [9.17, 15) is 9.59 Å². The molecule has 0 aromatic carbocycles. The maximum Gasteiger partial charge on any atom is 0.409 e. The molecule has 1 saturated carbocycles. The number of likely N-dealkylation sites (tertiary alicyclic amines) is 1. The second-order valence-electron chi connectivity index (χ2n) is 7.20. The van der Waals surface area contributed by atoms with Crippen molar-refractivity contribution in [3.63, 3.8) is 0 Å². The van der Waals surface area contributed by atoms with Gasteiger partial charge < -0.3 is 20.3 Å². The normalized spacial score (nSPS) is 18.8. The van der Waals surface area contributed by atoms with Crippen LogP contribution in [0.2, 0.25) is 0 Å². The molecule has 1 aliphatic carbocycles. The molecule has 27 heavy (non-hydrogen) atoms. The molecule has 2 aliphatic rings. The van der Waals surface area contributed by atoms with Gasteiger partial charge >= 0.3 is 6.09 Å². The van der Waals surface area contributed by atoms with Gasteiger partial charge in [-0.15, -0.1) is 0 Å². The third-order valence-electron chi connectivity index (χ3n) is 5.20. The minimum atomic E-state index is -0.246. The van der Waals surface area contributed by atoms with Crippen molar-refractivity contribution in [2.24, 2.45) is 0 Å². The first-order valence-electron chi connectivity index (χ1n) is 9.97. The molecule has 8 heteroatoms. The van der Waals surface area contributed by atoms with Crippen molar-refractivity contribution in [2.45, 2.75) is 64.0 Å². The smallest absolute Gasteiger partial charge is 0.409 e. The van der Waals surface area contributed by atoms with Crippen molar-refractivity contribution in [2.75, 3.05) is 25.0 Å². The lowest BCUT2D eigenvalue weighted by Gasteiger charge is -2.31. The molecule has 1 aliphatic heterocycles. The average Bonchev–Trinajstić information content (AvgIpc) is 2.70. The Bertz CT molecular complexity index is 623. The molecule has 0 bridgehead atoms. The zero-order valence-electron chi connectivity index (χ0n) is 15.9. The molecule has 0 spiro atoms. The van der Waals surface area contributed by atoms with Gasteiger partial charge in [0.1, 0.15) is 11.5 Å². The minimum absolute atomic E-state index is 0.149. The molecule has 1 saturated heterocycles. The number of nitrogens with one attached hydrogen (secondary N) is 2. The molecule has 2 amide bonds. The van der Waals surface area contributed by atoms with Crippen molar-refractivity contribution >= 4 is 17.8 Å². The Morgan fingerprint density at radius 2 is 1.81 bits per heavy atom. The number of rotatable bonds is 5. The summed E-state index contributed by atoms with van der Waals surface area (Å²) in [7, 11) is 0. The molecule has 3 rings (SSSR count). The first kappa shape index (κ1) is 19.4. The lowest BCUT2D eigenvalue weighted by Crippen LogP contribution is -2.42. The summed E-state index contributed by atoms with van der Waals surface area (Å²) in [5, 5.41) is 6.39. The first-order valence-corrected chi connectivity index (χ1v) is 9.97. The van der Waals surface area contributed by atoms with Crippen molar-refractivity contribution in [3.8, 4) is 0 Å². The molecule has 148 valence electrons. The van der Waals surface area contributed by atoms with Crippen LogP contribution in [-0.4, -0.2) is 58.6 Å². The fraction of sp³-hybridized carbons (Fsp3) is 0.684. The Morgan fingerprint density at radius 1 is 1.07 bits per heavy atom. The fourth-order valence-electron chi connectivity index (χ4n) is 3.66. The van der Waals surface area contributed by atoms with Gasteiger partial charge in [0, 0.05) is 25.2 Å². The Kier molecular flexibility index (Phi) is 6.84. The number of hydrogen-bond donors (Lipinski definition) is 2.